The predicted molar refractivity (Wildman–Crippen MR) is 158 cm³/mol. The topological polar surface area (TPSA) is 170 Å². The maximum atomic E-state index is 8.22. The van der Waals surface area contributed by atoms with Gasteiger partial charge in [0.1, 0.15) is 0 Å². The molecule has 0 aromatic carbocycles. The fourth-order valence-electron chi connectivity index (χ4n) is 0.922. The molecule has 0 heterocycles. The first kappa shape index (κ1) is 67.2. The molecule has 7 N–H and O–H groups in total. The minimum Gasteiger partial charge on any atom is -0.870 e. The van der Waals surface area contributed by atoms with Crippen LogP contribution in [0.4, 0.5) is 0 Å². The van der Waals surface area contributed by atoms with Gasteiger partial charge in [-0.25, -0.2) is 0 Å². The Morgan fingerprint density at radius 2 is 0.821 bits per heavy atom. The van der Waals surface area contributed by atoms with E-state index >= 15 is 0 Å². The van der Waals surface area contributed by atoms with E-state index in [1.807, 2.05) is 27.7 Å². The van der Waals surface area contributed by atoms with E-state index < -0.39 is 0 Å². The van der Waals surface area contributed by atoms with Crippen molar-refractivity contribution in [2.24, 2.45) is 0 Å². The van der Waals surface area contributed by atoms with Crippen molar-refractivity contribution in [3.8, 4) is 0 Å². The molecule has 0 rings (SSSR count). The van der Waals surface area contributed by atoms with Gasteiger partial charge in [-0.05, 0) is 34.6 Å². The van der Waals surface area contributed by atoms with Crippen molar-refractivity contribution in [3.05, 3.63) is 60.8 Å². The number of allylic oxidation sites excluding steroid dienone is 1. The molecular weight excluding hydrogens is 711 g/mol. The Balaban J connectivity index is -0.0000000346. The van der Waals surface area contributed by atoms with Crippen molar-refractivity contribution in [2.75, 3.05) is 71.9 Å². The monoisotopic (exact) mass is 768 g/mol. The Hall–Kier alpha value is 0.318. The van der Waals surface area contributed by atoms with E-state index in [2.05, 4.69) is 32.9 Å². The van der Waals surface area contributed by atoms with E-state index in [-0.39, 0.29) is 95.4 Å². The van der Waals surface area contributed by atoms with Gasteiger partial charge in [0.2, 0.25) is 0 Å². The molecule has 9 nitrogen and oxygen atoms in total. The Morgan fingerprint density at radius 1 is 0.590 bits per heavy atom. The van der Waals surface area contributed by atoms with E-state index in [1.54, 1.807) is 6.92 Å². The summed E-state index contributed by atoms with van der Waals surface area (Å²) >= 11 is 5.24. The van der Waals surface area contributed by atoms with Crippen molar-refractivity contribution < 1.29 is 96.2 Å². The van der Waals surface area contributed by atoms with Crippen molar-refractivity contribution in [2.45, 2.75) is 42.0 Å². The summed E-state index contributed by atoms with van der Waals surface area (Å²) in [6.07, 6.45) is 0. The molecule has 0 saturated carbocycles. The van der Waals surface area contributed by atoms with Crippen LogP contribution >= 0.6 is 11.6 Å². The van der Waals surface area contributed by atoms with E-state index in [4.69, 9.17) is 46.2 Å². The Bertz CT molecular complexity index is 476. The summed E-state index contributed by atoms with van der Waals surface area (Å²) in [5.74, 6) is 0.583. The molecule has 0 fully saturated rings. The molecule has 0 unspecified atom stereocenters. The van der Waals surface area contributed by atoms with Gasteiger partial charge in [0.25, 0.3) is 0 Å². The average Bonchev–Trinajstić information content (AvgIpc) is 2.77. The third kappa shape index (κ3) is 135. The van der Waals surface area contributed by atoms with Gasteiger partial charge >= 0.3 is 29.6 Å². The van der Waals surface area contributed by atoms with Gasteiger partial charge in [0.15, 0.2) is 0 Å². The fourth-order valence-corrected chi connectivity index (χ4v) is 0.922. The summed E-state index contributed by atoms with van der Waals surface area (Å²) in [6.45, 7) is 30.9. The molecule has 0 spiro atoms. The summed E-state index contributed by atoms with van der Waals surface area (Å²) in [5.41, 5.74) is 4.89. The SMILES string of the molecule is C.C=C(C)CCl.C=C(C)CO.C=C(C)COCCO.C=C(C)COCCOCC(=C)C.O.OCCO.[Na+].[OH-].[W]. The van der Waals surface area contributed by atoms with Gasteiger partial charge in [-0.3, -0.25) is 0 Å². The smallest absolute Gasteiger partial charge is 0.870 e. The summed E-state index contributed by atoms with van der Waals surface area (Å²) in [4.78, 5) is 0. The van der Waals surface area contributed by atoms with E-state index in [1.165, 1.54) is 0 Å². The first-order chi connectivity index (χ1) is 15.9. The number of hydrogen-bond acceptors (Lipinski definition) is 8. The molecule has 0 amide bonds. The molecule has 0 atom stereocenters. The van der Waals surface area contributed by atoms with Crippen LogP contribution in [0.25, 0.3) is 0 Å². The zero-order valence-corrected chi connectivity index (χ0v) is 30.3. The maximum Gasteiger partial charge on any atom is 1.00 e. The number of halogens is 1. The molecule has 0 radical (unpaired) electrons. The summed E-state index contributed by atoms with van der Waals surface area (Å²) in [7, 11) is 0. The van der Waals surface area contributed by atoms with Crippen LogP contribution in [0, 0.1) is 0 Å². The zero-order valence-electron chi connectivity index (χ0n) is 24.6. The fraction of sp³-hybridized carbons (Fsp3) is 0.630. The van der Waals surface area contributed by atoms with E-state index in [0.717, 1.165) is 27.9 Å². The second-order valence-corrected chi connectivity index (χ2v) is 7.67. The average molecular weight is 769 g/mol. The second-order valence-electron chi connectivity index (χ2n) is 7.41. The Labute approximate surface area is 280 Å². The Kier molecular flexibility index (Phi) is 107. The van der Waals surface area contributed by atoms with Gasteiger partial charge in [0.05, 0.1) is 66.1 Å². The predicted octanol–water partition coefficient (Wildman–Crippen LogP) is 0.706. The normalized spacial score (nSPS) is 7.64. The van der Waals surface area contributed by atoms with Crippen molar-refractivity contribution in [1.82, 2.24) is 0 Å². The van der Waals surface area contributed by atoms with Crippen LogP contribution in [0.1, 0.15) is 42.0 Å². The van der Waals surface area contributed by atoms with Gasteiger partial charge in [0, 0.05) is 26.9 Å². The molecule has 0 bridgehead atoms. The van der Waals surface area contributed by atoms with Gasteiger partial charge in [-0.2, -0.15) is 0 Å². The number of rotatable bonds is 14. The van der Waals surface area contributed by atoms with Crippen LogP contribution < -0.4 is 29.6 Å². The number of aliphatic hydroxyl groups excluding tert-OH is 4. The van der Waals surface area contributed by atoms with Crippen LogP contribution in [0.5, 0.6) is 0 Å². The third-order valence-electron chi connectivity index (χ3n) is 2.25. The van der Waals surface area contributed by atoms with Gasteiger partial charge < -0.3 is 45.6 Å². The van der Waals surface area contributed by atoms with Crippen LogP contribution in [0.15, 0.2) is 60.8 Å². The molecule has 0 aliphatic carbocycles. The summed E-state index contributed by atoms with van der Waals surface area (Å²) < 4.78 is 15.3. The van der Waals surface area contributed by atoms with Gasteiger partial charge in [-0.1, -0.05) is 68.2 Å². The quantitative estimate of drug-likeness (QED) is 0.0867. The minimum absolute atomic E-state index is 0. The molecule has 12 heteroatoms. The zero-order chi connectivity index (χ0) is 27.8. The molecule has 0 aromatic heterocycles. The number of alkyl halides is 1. The molecular formula is C27H58ClNaO9W. The van der Waals surface area contributed by atoms with Crippen molar-refractivity contribution in [3.63, 3.8) is 0 Å². The molecule has 234 valence electrons. The molecule has 0 aliphatic heterocycles. The van der Waals surface area contributed by atoms with Gasteiger partial charge in [-0.15, -0.1) is 11.6 Å². The van der Waals surface area contributed by atoms with Crippen LogP contribution in [-0.4, -0.2) is 103 Å². The largest absolute Gasteiger partial charge is 1.00 e. The Morgan fingerprint density at radius 3 is 0.949 bits per heavy atom. The molecule has 0 aliphatic rings. The third-order valence-corrected chi connectivity index (χ3v) is 2.71. The molecule has 0 aromatic rings. The standard InChI is InChI=1S/C10H18O2.C6H12O2.C4H7Cl.C4H8O.C2H6O2.CH4.Na.2H2O.W/c1-9(2)7-11-5-6-12-8-10(3)4;1-6(2)5-8-4-3-7;2*1-4(2)3-5;3-1-2-4;;;;;/h1,3,5-8H2,2,4H3;7H,1,3-5H2,2H3;1,3H2,2H3;5H,1,3H2,2H3;3-4H,1-2H2;1H4;;2*1H2;/q;;;;;;+1;;;/p-1. The van der Waals surface area contributed by atoms with Crippen LogP contribution in [-0.2, 0) is 35.3 Å². The number of hydrogen-bond donors (Lipinski definition) is 4. The molecule has 39 heavy (non-hydrogen) atoms. The maximum absolute atomic E-state index is 8.22. The van der Waals surface area contributed by atoms with Crippen molar-refractivity contribution in [1.29, 1.82) is 0 Å². The first-order valence-electron chi connectivity index (χ1n) is 10.8. The second kappa shape index (κ2) is 62.1. The summed E-state index contributed by atoms with van der Waals surface area (Å²) in [5, 5.41) is 31.5. The molecule has 0 saturated heterocycles. The number of ether oxygens (including phenoxy) is 3. The summed E-state index contributed by atoms with van der Waals surface area (Å²) in [6, 6.07) is 0. The number of aliphatic hydroxyl groups is 4. The first-order valence-corrected chi connectivity index (χ1v) is 11.3. The van der Waals surface area contributed by atoms with E-state index in [0.29, 0.717) is 45.5 Å². The van der Waals surface area contributed by atoms with Crippen molar-refractivity contribution >= 4 is 11.6 Å². The van der Waals surface area contributed by atoms with E-state index in [9.17, 15) is 0 Å². The van der Waals surface area contributed by atoms with Crippen LogP contribution in [0.3, 0.4) is 0 Å². The minimum atomic E-state index is -0.125. The van der Waals surface area contributed by atoms with Crippen LogP contribution in [0.2, 0.25) is 0 Å².